The summed E-state index contributed by atoms with van der Waals surface area (Å²) in [5.74, 6) is 0.135. The van der Waals surface area contributed by atoms with Gasteiger partial charge < -0.3 is 9.47 Å². The van der Waals surface area contributed by atoms with Crippen LogP contribution in [0.15, 0.2) is 54.6 Å². The van der Waals surface area contributed by atoms with E-state index in [-0.39, 0.29) is 5.75 Å². The second-order valence-corrected chi connectivity index (χ2v) is 4.12. The molecule has 2 aromatic rings. The number of carbonyl (C=O) groups is 1. The van der Waals surface area contributed by atoms with Gasteiger partial charge in [-0.1, -0.05) is 48.5 Å². The van der Waals surface area contributed by atoms with Crippen LogP contribution in [0.3, 0.4) is 0 Å². The van der Waals surface area contributed by atoms with Gasteiger partial charge in [-0.05, 0) is 11.6 Å². The summed E-state index contributed by atoms with van der Waals surface area (Å²) in [6, 6.07) is 15.5. The number of halogens is 3. The number of alkyl halides is 3. The summed E-state index contributed by atoms with van der Waals surface area (Å²) in [4.78, 5) is 11.3. The maximum absolute atomic E-state index is 12.0. The van der Waals surface area contributed by atoms with Gasteiger partial charge in [-0.3, -0.25) is 0 Å². The molecular formula is C15H11F3O3. The zero-order chi connectivity index (χ0) is 15.3. The maximum atomic E-state index is 12.0. The van der Waals surface area contributed by atoms with Crippen LogP contribution < -0.4 is 4.74 Å². The average molecular weight is 296 g/mol. The lowest BCUT2D eigenvalue weighted by molar-refractivity contribution is -0.163. The van der Waals surface area contributed by atoms with E-state index in [1.165, 1.54) is 6.07 Å². The quantitative estimate of drug-likeness (QED) is 0.621. The standard InChI is InChI=1S/C15H11F3O3/c16-15(17,18)10-20-14(19)21-13-9-5-4-8-12(13)11-6-2-1-3-7-11/h1-9H,10H2. The van der Waals surface area contributed by atoms with E-state index >= 15 is 0 Å². The number of hydrogen-bond acceptors (Lipinski definition) is 3. The summed E-state index contributed by atoms with van der Waals surface area (Å²) < 4.78 is 44.7. The zero-order valence-electron chi connectivity index (χ0n) is 10.8. The Morgan fingerprint density at radius 1 is 0.952 bits per heavy atom. The topological polar surface area (TPSA) is 35.5 Å². The fourth-order valence-corrected chi connectivity index (χ4v) is 1.67. The molecule has 0 saturated carbocycles. The fraction of sp³-hybridized carbons (Fsp3) is 0.133. The van der Waals surface area contributed by atoms with Gasteiger partial charge in [0.05, 0.1) is 0 Å². The van der Waals surface area contributed by atoms with Crippen molar-refractivity contribution in [3.63, 3.8) is 0 Å². The molecule has 0 aliphatic rings. The first-order valence-electron chi connectivity index (χ1n) is 6.01. The second-order valence-electron chi connectivity index (χ2n) is 4.12. The molecule has 0 heterocycles. The van der Waals surface area contributed by atoms with Crippen molar-refractivity contribution in [1.82, 2.24) is 0 Å². The van der Waals surface area contributed by atoms with Crippen LogP contribution in [-0.2, 0) is 4.74 Å². The Labute approximate surface area is 118 Å². The molecule has 0 aliphatic carbocycles. The minimum atomic E-state index is -4.59. The summed E-state index contributed by atoms with van der Waals surface area (Å²) in [6.45, 7) is -1.68. The molecule has 0 unspecified atom stereocenters. The molecular weight excluding hydrogens is 285 g/mol. The molecule has 6 heteroatoms. The smallest absolute Gasteiger partial charge is 0.424 e. The predicted octanol–water partition coefficient (Wildman–Crippen LogP) is 4.43. The molecule has 0 bridgehead atoms. The lowest BCUT2D eigenvalue weighted by Gasteiger charge is -2.11. The van der Waals surface area contributed by atoms with E-state index in [4.69, 9.17) is 4.74 Å². The SMILES string of the molecule is O=C(OCC(F)(F)F)Oc1ccccc1-c1ccccc1. The van der Waals surface area contributed by atoms with Gasteiger partial charge in [-0.25, -0.2) is 4.79 Å². The Morgan fingerprint density at radius 2 is 1.57 bits per heavy atom. The van der Waals surface area contributed by atoms with Crippen molar-refractivity contribution in [2.24, 2.45) is 0 Å². The molecule has 0 aliphatic heterocycles. The summed E-state index contributed by atoms with van der Waals surface area (Å²) >= 11 is 0. The summed E-state index contributed by atoms with van der Waals surface area (Å²) in [6.07, 6.45) is -5.98. The predicted molar refractivity (Wildman–Crippen MR) is 69.9 cm³/mol. The van der Waals surface area contributed by atoms with Crippen molar-refractivity contribution >= 4 is 6.16 Å². The second kappa shape index (κ2) is 6.30. The lowest BCUT2D eigenvalue weighted by atomic mass is 10.1. The van der Waals surface area contributed by atoms with Crippen molar-refractivity contribution in [3.05, 3.63) is 54.6 Å². The molecule has 0 amide bonds. The molecule has 0 fully saturated rings. The molecule has 110 valence electrons. The van der Waals surface area contributed by atoms with Crippen molar-refractivity contribution in [2.75, 3.05) is 6.61 Å². The minimum absolute atomic E-state index is 0.135. The molecule has 0 radical (unpaired) electrons. The third-order valence-electron chi connectivity index (χ3n) is 2.52. The van der Waals surface area contributed by atoms with E-state index in [0.717, 1.165) is 5.56 Å². The Hall–Kier alpha value is -2.50. The van der Waals surface area contributed by atoms with Crippen LogP contribution in [0.1, 0.15) is 0 Å². The molecule has 0 spiro atoms. The van der Waals surface area contributed by atoms with Crippen molar-refractivity contribution in [3.8, 4) is 16.9 Å². The molecule has 0 atom stereocenters. The van der Waals surface area contributed by atoms with Crippen LogP contribution in [0.5, 0.6) is 5.75 Å². The highest BCUT2D eigenvalue weighted by Gasteiger charge is 2.30. The molecule has 3 nitrogen and oxygen atoms in total. The highest BCUT2D eigenvalue weighted by molar-refractivity contribution is 5.74. The van der Waals surface area contributed by atoms with Gasteiger partial charge >= 0.3 is 12.3 Å². The van der Waals surface area contributed by atoms with Crippen LogP contribution in [0, 0.1) is 0 Å². The van der Waals surface area contributed by atoms with E-state index in [1.54, 1.807) is 42.5 Å². The molecule has 2 rings (SSSR count). The first-order valence-corrected chi connectivity index (χ1v) is 6.01. The van der Waals surface area contributed by atoms with Crippen LogP contribution in [-0.4, -0.2) is 18.9 Å². The zero-order valence-corrected chi connectivity index (χ0v) is 10.8. The number of hydrogen-bond donors (Lipinski definition) is 0. The highest BCUT2D eigenvalue weighted by Crippen LogP contribution is 2.29. The summed E-state index contributed by atoms with van der Waals surface area (Å²) in [7, 11) is 0. The van der Waals surface area contributed by atoms with Gasteiger partial charge in [0.15, 0.2) is 6.61 Å². The van der Waals surface area contributed by atoms with Crippen LogP contribution in [0.2, 0.25) is 0 Å². The average Bonchev–Trinajstić information content (AvgIpc) is 2.46. The van der Waals surface area contributed by atoms with Gasteiger partial charge in [0.25, 0.3) is 0 Å². The molecule has 0 N–H and O–H groups in total. The van der Waals surface area contributed by atoms with Crippen molar-refractivity contribution < 1.29 is 27.4 Å². The van der Waals surface area contributed by atoms with Crippen LogP contribution >= 0.6 is 0 Å². The number of para-hydroxylation sites is 1. The molecule has 2 aromatic carbocycles. The number of rotatable bonds is 3. The van der Waals surface area contributed by atoms with Gasteiger partial charge in [-0.2, -0.15) is 13.2 Å². The van der Waals surface area contributed by atoms with Crippen molar-refractivity contribution in [1.29, 1.82) is 0 Å². The molecule has 0 saturated heterocycles. The van der Waals surface area contributed by atoms with Gasteiger partial charge in [0.1, 0.15) is 5.75 Å². The van der Waals surface area contributed by atoms with E-state index in [0.29, 0.717) is 5.56 Å². The van der Waals surface area contributed by atoms with Gasteiger partial charge in [-0.15, -0.1) is 0 Å². The Morgan fingerprint density at radius 3 is 2.24 bits per heavy atom. The van der Waals surface area contributed by atoms with Crippen molar-refractivity contribution in [2.45, 2.75) is 6.18 Å². The lowest BCUT2D eigenvalue weighted by Crippen LogP contribution is -2.22. The van der Waals surface area contributed by atoms with Crippen LogP contribution in [0.25, 0.3) is 11.1 Å². The highest BCUT2D eigenvalue weighted by atomic mass is 19.4. The molecule has 0 aromatic heterocycles. The number of ether oxygens (including phenoxy) is 2. The Bertz CT molecular complexity index is 609. The fourth-order valence-electron chi connectivity index (χ4n) is 1.67. The molecule has 21 heavy (non-hydrogen) atoms. The van der Waals surface area contributed by atoms with E-state index in [1.807, 2.05) is 6.07 Å². The van der Waals surface area contributed by atoms with Gasteiger partial charge in [0.2, 0.25) is 0 Å². The van der Waals surface area contributed by atoms with Crippen LogP contribution in [0.4, 0.5) is 18.0 Å². The van der Waals surface area contributed by atoms with E-state index in [2.05, 4.69) is 4.74 Å². The third kappa shape index (κ3) is 4.52. The largest absolute Gasteiger partial charge is 0.514 e. The Balaban J connectivity index is 2.13. The van der Waals surface area contributed by atoms with E-state index in [9.17, 15) is 18.0 Å². The maximum Gasteiger partial charge on any atom is 0.514 e. The minimum Gasteiger partial charge on any atom is -0.424 e. The first-order chi connectivity index (χ1) is 9.96. The number of benzene rings is 2. The summed E-state index contributed by atoms with van der Waals surface area (Å²) in [5.41, 5.74) is 1.36. The monoisotopic (exact) mass is 296 g/mol. The van der Waals surface area contributed by atoms with E-state index < -0.39 is 18.9 Å². The number of carbonyl (C=O) groups excluding carboxylic acids is 1. The first kappa shape index (κ1) is 14.9. The third-order valence-corrected chi connectivity index (χ3v) is 2.52. The van der Waals surface area contributed by atoms with Gasteiger partial charge in [0, 0.05) is 5.56 Å². The summed E-state index contributed by atoms with van der Waals surface area (Å²) in [5, 5.41) is 0. The Kier molecular flexibility index (Phi) is 4.47. The normalized spacial score (nSPS) is 11.0.